The van der Waals surface area contributed by atoms with Gasteiger partial charge in [-0.1, -0.05) is 34.1 Å². The van der Waals surface area contributed by atoms with Crippen molar-refractivity contribution in [1.29, 1.82) is 0 Å². The summed E-state index contributed by atoms with van der Waals surface area (Å²) in [6, 6.07) is 8.63. The van der Waals surface area contributed by atoms with E-state index in [-0.39, 0.29) is 6.10 Å². The molecule has 0 bridgehead atoms. The predicted molar refractivity (Wildman–Crippen MR) is 60.1 cm³/mol. The van der Waals surface area contributed by atoms with Crippen molar-refractivity contribution in [2.75, 3.05) is 13.1 Å². The Morgan fingerprint density at radius 3 is 2.64 bits per heavy atom. The molecule has 14 heavy (non-hydrogen) atoms. The van der Waals surface area contributed by atoms with E-state index in [1.807, 2.05) is 12.1 Å². The summed E-state index contributed by atoms with van der Waals surface area (Å²) < 4.78 is 1.15. The highest BCUT2D eigenvalue weighted by Crippen LogP contribution is 2.30. The van der Waals surface area contributed by atoms with Gasteiger partial charge in [-0.15, -0.1) is 0 Å². The fourth-order valence-electron chi connectivity index (χ4n) is 1.81. The first-order chi connectivity index (χ1) is 6.68. The van der Waals surface area contributed by atoms with Crippen LogP contribution in [-0.2, 0) is 0 Å². The summed E-state index contributed by atoms with van der Waals surface area (Å²) in [6.07, 6.45) is -0.125. The topological polar surface area (TPSA) is 23.5 Å². The minimum atomic E-state index is -0.125. The summed E-state index contributed by atoms with van der Waals surface area (Å²) in [5.41, 5.74) is 1.29. The maximum Gasteiger partial charge on any atom is 0.0794 e. The Kier molecular flexibility index (Phi) is 2.91. The van der Waals surface area contributed by atoms with Gasteiger partial charge in [0, 0.05) is 23.6 Å². The van der Waals surface area contributed by atoms with Gasteiger partial charge in [-0.25, -0.2) is 0 Å². The lowest BCUT2D eigenvalue weighted by Gasteiger charge is -2.40. The molecule has 1 aliphatic rings. The number of hydrogen-bond acceptors (Lipinski definition) is 2. The number of benzene rings is 1. The predicted octanol–water partition coefficient (Wildman–Crippen LogP) is 2.19. The molecule has 1 aromatic rings. The summed E-state index contributed by atoms with van der Waals surface area (Å²) >= 11 is 3.54. The Hall–Kier alpha value is -0.380. The van der Waals surface area contributed by atoms with E-state index in [0.29, 0.717) is 6.04 Å². The molecule has 0 aromatic heterocycles. The first-order valence-electron chi connectivity index (χ1n) is 4.85. The normalized spacial score (nSPS) is 20.5. The third kappa shape index (κ3) is 1.85. The molecule has 0 amide bonds. The molecular formula is C11H14BrNO. The van der Waals surface area contributed by atoms with Crippen LogP contribution in [-0.4, -0.2) is 29.2 Å². The third-order valence-corrected chi connectivity index (χ3v) is 3.52. The lowest BCUT2D eigenvalue weighted by Crippen LogP contribution is -2.51. The Labute approximate surface area is 92.7 Å². The third-order valence-electron chi connectivity index (χ3n) is 2.79. The van der Waals surface area contributed by atoms with Gasteiger partial charge < -0.3 is 5.11 Å². The number of rotatable bonds is 2. The number of nitrogens with zero attached hydrogens (tertiary/aromatic N) is 1. The smallest absolute Gasteiger partial charge is 0.0794 e. The van der Waals surface area contributed by atoms with Gasteiger partial charge in [0.2, 0.25) is 0 Å². The first kappa shape index (κ1) is 10.1. The van der Waals surface area contributed by atoms with E-state index in [4.69, 9.17) is 0 Å². The van der Waals surface area contributed by atoms with Crippen LogP contribution in [0.25, 0.3) is 0 Å². The fourth-order valence-corrected chi connectivity index (χ4v) is 2.43. The quantitative estimate of drug-likeness (QED) is 0.876. The first-order valence-corrected chi connectivity index (χ1v) is 5.64. The van der Waals surface area contributed by atoms with Gasteiger partial charge >= 0.3 is 0 Å². The van der Waals surface area contributed by atoms with Crippen molar-refractivity contribution in [3.8, 4) is 0 Å². The molecule has 1 saturated heterocycles. The molecule has 0 unspecified atom stereocenters. The number of β-amino-alcohol motifs (C(OH)–C–C–N with tert-alkyl or cyclic N) is 1. The van der Waals surface area contributed by atoms with Crippen LogP contribution in [0, 0.1) is 0 Å². The molecule has 0 saturated carbocycles. The monoisotopic (exact) mass is 255 g/mol. The molecule has 1 aromatic carbocycles. The lowest BCUT2D eigenvalue weighted by molar-refractivity contribution is -0.0212. The zero-order valence-corrected chi connectivity index (χ0v) is 9.74. The lowest BCUT2D eigenvalue weighted by atomic mass is 10.0. The SMILES string of the molecule is C[C@@H](c1ccccc1Br)N1CC(O)C1. The highest BCUT2D eigenvalue weighted by Gasteiger charge is 2.29. The average Bonchev–Trinajstić information content (AvgIpc) is 2.13. The molecular weight excluding hydrogens is 242 g/mol. The molecule has 2 nitrogen and oxygen atoms in total. The van der Waals surface area contributed by atoms with Crippen LogP contribution in [0.4, 0.5) is 0 Å². The number of halogens is 1. The Morgan fingerprint density at radius 1 is 1.43 bits per heavy atom. The van der Waals surface area contributed by atoms with Crippen LogP contribution >= 0.6 is 15.9 Å². The van der Waals surface area contributed by atoms with Gasteiger partial charge in [-0.05, 0) is 18.6 Å². The van der Waals surface area contributed by atoms with Crippen molar-refractivity contribution in [2.45, 2.75) is 19.1 Å². The van der Waals surface area contributed by atoms with E-state index in [1.54, 1.807) is 0 Å². The van der Waals surface area contributed by atoms with Crippen LogP contribution in [0.1, 0.15) is 18.5 Å². The molecule has 0 aliphatic carbocycles. The van der Waals surface area contributed by atoms with Crippen LogP contribution in [0.3, 0.4) is 0 Å². The van der Waals surface area contributed by atoms with E-state index >= 15 is 0 Å². The van der Waals surface area contributed by atoms with Crippen molar-refractivity contribution in [2.24, 2.45) is 0 Å². The molecule has 1 fully saturated rings. The average molecular weight is 256 g/mol. The fraction of sp³-hybridized carbons (Fsp3) is 0.455. The summed E-state index contributed by atoms with van der Waals surface area (Å²) in [7, 11) is 0. The molecule has 76 valence electrons. The Balaban J connectivity index is 2.11. The van der Waals surface area contributed by atoms with E-state index in [0.717, 1.165) is 17.6 Å². The van der Waals surface area contributed by atoms with Gasteiger partial charge in [-0.2, -0.15) is 0 Å². The number of hydrogen-bond donors (Lipinski definition) is 1. The van der Waals surface area contributed by atoms with Gasteiger partial charge in [0.05, 0.1) is 6.10 Å². The van der Waals surface area contributed by atoms with Gasteiger partial charge in [0.1, 0.15) is 0 Å². The van der Waals surface area contributed by atoms with Gasteiger partial charge in [-0.3, -0.25) is 4.90 Å². The largest absolute Gasteiger partial charge is 0.390 e. The highest BCUT2D eigenvalue weighted by molar-refractivity contribution is 9.10. The second kappa shape index (κ2) is 4.01. The van der Waals surface area contributed by atoms with Crippen LogP contribution < -0.4 is 0 Å². The second-order valence-electron chi connectivity index (χ2n) is 3.81. The standard InChI is InChI=1S/C11H14BrNO/c1-8(13-6-9(14)7-13)10-4-2-3-5-11(10)12/h2-5,8-9,14H,6-7H2,1H3/t8-/m0/s1. The van der Waals surface area contributed by atoms with E-state index < -0.39 is 0 Å². The molecule has 1 heterocycles. The van der Waals surface area contributed by atoms with Gasteiger partial charge in [0.15, 0.2) is 0 Å². The number of aliphatic hydroxyl groups is 1. The molecule has 2 rings (SSSR count). The van der Waals surface area contributed by atoms with E-state index in [9.17, 15) is 5.11 Å². The molecule has 3 heteroatoms. The Bertz CT molecular complexity index is 323. The molecule has 1 atom stereocenters. The molecule has 0 radical (unpaired) electrons. The van der Waals surface area contributed by atoms with Crippen molar-refractivity contribution in [3.63, 3.8) is 0 Å². The molecule has 1 aliphatic heterocycles. The summed E-state index contributed by atoms with van der Waals surface area (Å²) in [6.45, 7) is 3.76. The number of aliphatic hydroxyl groups excluding tert-OH is 1. The number of likely N-dealkylation sites (tertiary alicyclic amines) is 1. The molecule has 1 N–H and O–H groups in total. The minimum absolute atomic E-state index is 0.125. The van der Waals surface area contributed by atoms with Gasteiger partial charge in [0.25, 0.3) is 0 Å². The minimum Gasteiger partial charge on any atom is -0.390 e. The maximum absolute atomic E-state index is 9.23. The Morgan fingerprint density at radius 2 is 2.07 bits per heavy atom. The maximum atomic E-state index is 9.23. The second-order valence-corrected chi connectivity index (χ2v) is 4.66. The van der Waals surface area contributed by atoms with Crippen LogP contribution in [0.2, 0.25) is 0 Å². The van der Waals surface area contributed by atoms with Crippen LogP contribution in [0.5, 0.6) is 0 Å². The zero-order valence-electron chi connectivity index (χ0n) is 8.15. The summed E-state index contributed by atoms with van der Waals surface area (Å²) in [4.78, 5) is 2.27. The van der Waals surface area contributed by atoms with Crippen molar-refractivity contribution >= 4 is 15.9 Å². The summed E-state index contributed by atoms with van der Waals surface area (Å²) in [5.74, 6) is 0. The van der Waals surface area contributed by atoms with E-state index in [1.165, 1.54) is 5.56 Å². The zero-order chi connectivity index (χ0) is 10.1. The van der Waals surface area contributed by atoms with E-state index in [2.05, 4.69) is 39.9 Å². The van der Waals surface area contributed by atoms with Crippen molar-refractivity contribution in [1.82, 2.24) is 4.90 Å². The summed E-state index contributed by atoms with van der Waals surface area (Å²) in [5, 5.41) is 9.23. The van der Waals surface area contributed by atoms with Crippen molar-refractivity contribution < 1.29 is 5.11 Å². The highest BCUT2D eigenvalue weighted by atomic mass is 79.9. The van der Waals surface area contributed by atoms with Crippen molar-refractivity contribution in [3.05, 3.63) is 34.3 Å². The molecule has 0 spiro atoms. The van der Waals surface area contributed by atoms with Crippen LogP contribution in [0.15, 0.2) is 28.7 Å².